The van der Waals surface area contributed by atoms with Gasteiger partial charge in [-0.25, -0.2) is 9.59 Å². The first-order valence-electron chi connectivity index (χ1n) is 11.9. The van der Waals surface area contributed by atoms with E-state index in [-0.39, 0.29) is 38.0 Å². The number of carboxylic acids is 1. The molecule has 2 aromatic rings. The lowest BCUT2D eigenvalue weighted by molar-refractivity contribution is -0.143. The number of fused-ring (bicyclic) bond motifs is 3. The summed E-state index contributed by atoms with van der Waals surface area (Å²) >= 11 is 0. The number of amides is 2. The van der Waals surface area contributed by atoms with Crippen molar-refractivity contribution in [3.8, 4) is 11.1 Å². The molecule has 1 aliphatic carbocycles. The number of hydrogen-bond donors (Lipinski definition) is 3. The zero-order chi connectivity index (χ0) is 25.4. The van der Waals surface area contributed by atoms with Gasteiger partial charge in [-0.05, 0) is 40.5 Å². The van der Waals surface area contributed by atoms with Crippen molar-refractivity contribution in [2.45, 2.75) is 38.6 Å². The molecule has 0 fully saturated rings. The van der Waals surface area contributed by atoms with Crippen molar-refractivity contribution < 1.29 is 29.0 Å². The molecule has 0 aromatic heterocycles. The van der Waals surface area contributed by atoms with Gasteiger partial charge >= 0.3 is 12.1 Å². The molecule has 3 N–H and O–H groups in total. The molecule has 2 amide bonds. The molecule has 0 saturated heterocycles. The predicted molar refractivity (Wildman–Crippen MR) is 132 cm³/mol. The highest BCUT2D eigenvalue weighted by Crippen LogP contribution is 2.44. The molecule has 0 bridgehead atoms. The quantitative estimate of drug-likeness (QED) is 0.424. The lowest BCUT2D eigenvalue weighted by atomic mass is 9.93. The Kier molecular flexibility index (Phi) is 9.25. The average Bonchev–Trinajstić information content (AvgIpc) is 3.14. The number of rotatable bonds is 12. The summed E-state index contributed by atoms with van der Waals surface area (Å²) in [6.07, 6.45) is 0.248. The minimum absolute atomic E-state index is 0.0286. The van der Waals surface area contributed by atoms with E-state index in [0.717, 1.165) is 22.3 Å². The van der Waals surface area contributed by atoms with Gasteiger partial charge < -0.3 is 25.2 Å². The van der Waals surface area contributed by atoms with Crippen molar-refractivity contribution in [2.24, 2.45) is 11.8 Å². The highest BCUT2D eigenvalue weighted by atomic mass is 16.5. The van der Waals surface area contributed by atoms with E-state index in [2.05, 4.69) is 34.9 Å². The molecule has 2 aromatic carbocycles. The van der Waals surface area contributed by atoms with Crippen molar-refractivity contribution in [1.29, 1.82) is 0 Å². The summed E-state index contributed by atoms with van der Waals surface area (Å²) in [6, 6.07) is 15.2. The van der Waals surface area contributed by atoms with Gasteiger partial charge in [-0.1, -0.05) is 62.4 Å². The number of alkyl carbamates (subject to hydrolysis) is 1. The molecule has 1 aliphatic rings. The number of carbonyl (C=O) groups excluding carboxylic acids is 2. The molecule has 188 valence electrons. The molecule has 2 atom stereocenters. The summed E-state index contributed by atoms with van der Waals surface area (Å²) in [5, 5.41) is 14.5. The number of methoxy groups -OCH3 is 1. The maximum absolute atomic E-state index is 12.5. The summed E-state index contributed by atoms with van der Waals surface area (Å²) < 4.78 is 10.4. The number of hydrogen-bond acceptors (Lipinski definition) is 5. The Hall–Kier alpha value is -3.39. The largest absolute Gasteiger partial charge is 0.480 e. The predicted octanol–water partition coefficient (Wildman–Crippen LogP) is 3.79. The van der Waals surface area contributed by atoms with Crippen LogP contribution in [0.5, 0.6) is 0 Å². The van der Waals surface area contributed by atoms with Gasteiger partial charge in [0.25, 0.3) is 0 Å². The van der Waals surface area contributed by atoms with Crippen LogP contribution in [0.2, 0.25) is 0 Å². The van der Waals surface area contributed by atoms with Crippen LogP contribution in [-0.2, 0) is 19.1 Å². The minimum atomic E-state index is -1.16. The van der Waals surface area contributed by atoms with E-state index in [9.17, 15) is 19.5 Å². The van der Waals surface area contributed by atoms with Crippen LogP contribution in [0.1, 0.15) is 43.7 Å². The standard InChI is InChI=1S/C27H34N2O6/c1-17(2)12-18(13-25(30)29-24(16-34-3)26(31)32)14-28-27(33)35-15-23-21-10-6-4-8-19(21)20-9-5-7-11-22(20)23/h4-11,17-18,23-24H,12-16H2,1-3H3,(H,28,33)(H,29,30)(H,31,32)/t18-,24?/m0/s1. The molecule has 0 saturated carbocycles. The van der Waals surface area contributed by atoms with Gasteiger partial charge in [0.15, 0.2) is 6.04 Å². The highest BCUT2D eigenvalue weighted by molar-refractivity contribution is 5.84. The Morgan fingerprint density at radius 3 is 2.14 bits per heavy atom. The second-order valence-electron chi connectivity index (χ2n) is 9.32. The number of nitrogens with one attached hydrogen (secondary N) is 2. The Morgan fingerprint density at radius 1 is 1.00 bits per heavy atom. The van der Waals surface area contributed by atoms with Crippen molar-refractivity contribution in [1.82, 2.24) is 10.6 Å². The van der Waals surface area contributed by atoms with E-state index in [4.69, 9.17) is 9.47 Å². The fourth-order valence-electron chi connectivity index (χ4n) is 4.64. The van der Waals surface area contributed by atoms with E-state index < -0.39 is 24.0 Å². The van der Waals surface area contributed by atoms with Crippen LogP contribution in [0, 0.1) is 11.8 Å². The second-order valence-corrected chi connectivity index (χ2v) is 9.32. The van der Waals surface area contributed by atoms with Gasteiger partial charge in [-0.3, -0.25) is 4.79 Å². The van der Waals surface area contributed by atoms with Crippen LogP contribution < -0.4 is 10.6 Å². The van der Waals surface area contributed by atoms with E-state index in [1.165, 1.54) is 7.11 Å². The third-order valence-corrected chi connectivity index (χ3v) is 6.12. The molecule has 0 heterocycles. The maximum atomic E-state index is 12.5. The Balaban J connectivity index is 1.55. The Morgan fingerprint density at radius 2 is 1.60 bits per heavy atom. The molecular weight excluding hydrogens is 448 g/mol. The molecule has 1 unspecified atom stereocenters. The van der Waals surface area contributed by atoms with Crippen LogP contribution in [0.3, 0.4) is 0 Å². The molecule has 8 heteroatoms. The number of carboxylic acid groups (broad SMARTS) is 1. The van der Waals surface area contributed by atoms with Crippen molar-refractivity contribution >= 4 is 18.0 Å². The Labute approximate surface area is 206 Å². The van der Waals surface area contributed by atoms with E-state index in [1.807, 2.05) is 38.1 Å². The third kappa shape index (κ3) is 7.05. The normalized spacial score (nSPS) is 14.1. The van der Waals surface area contributed by atoms with Gasteiger partial charge in [-0.15, -0.1) is 0 Å². The molecule has 0 spiro atoms. The molecule has 3 rings (SSSR count). The Bertz CT molecular complexity index is 992. The van der Waals surface area contributed by atoms with E-state index in [1.54, 1.807) is 0 Å². The SMILES string of the molecule is COCC(NC(=O)C[C@@H](CNC(=O)OCC1c2ccccc2-c2ccccc21)CC(C)C)C(=O)O. The summed E-state index contributed by atoms with van der Waals surface area (Å²) in [4.78, 5) is 36.2. The van der Waals surface area contributed by atoms with Gasteiger partial charge in [0.2, 0.25) is 5.91 Å². The van der Waals surface area contributed by atoms with Crippen LogP contribution in [0.4, 0.5) is 4.79 Å². The first-order valence-corrected chi connectivity index (χ1v) is 11.9. The topological polar surface area (TPSA) is 114 Å². The molecule has 0 aliphatic heterocycles. The number of benzene rings is 2. The second kappa shape index (κ2) is 12.4. The van der Waals surface area contributed by atoms with Crippen LogP contribution in [0.15, 0.2) is 48.5 Å². The fourth-order valence-corrected chi connectivity index (χ4v) is 4.64. The molecular formula is C27H34N2O6. The van der Waals surface area contributed by atoms with Gasteiger partial charge in [0.05, 0.1) is 6.61 Å². The van der Waals surface area contributed by atoms with Crippen molar-refractivity contribution in [2.75, 3.05) is 26.9 Å². The van der Waals surface area contributed by atoms with Gasteiger partial charge in [0, 0.05) is 26.0 Å². The monoisotopic (exact) mass is 482 g/mol. The smallest absolute Gasteiger partial charge is 0.407 e. The minimum Gasteiger partial charge on any atom is -0.480 e. The summed E-state index contributed by atoms with van der Waals surface area (Å²) in [5.74, 6) is -1.44. The first kappa shape index (κ1) is 26.2. The summed E-state index contributed by atoms with van der Waals surface area (Å²) in [6.45, 7) is 4.41. The van der Waals surface area contributed by atoms with Crippen molar-refractivity contribution in [3.05, 3.63) is 59.7 Å². The highest BCUT2D eigenvalue weighted by Gasteiger charge is 2.29. The average molecular weight is 483 g/mol. The van der Waals surface area contributed by atoms with E-state index >= 15 is 0 Å². The van der Waals surface area contributed by atoms with Crippen molar-refractivity contribution in [3.63, 3.8) is 0 Å². The number of aliphatic carboxylic acids is 1. The van der Waals surface area contributed by atoms with Crippen LogP contribution in [0.25, 0.3) is 11.1 Å². The van der Waals surface area contributed by atoms with E-state index in [0.29, 0.717) is 12.3 Å². The number of ether oxygens (including phenoxy) is 2. The zero-order valence-corrected chi connectivity index (χ0v) is 20.5. The van der Waals surface area contributed by atoms with Crippen LogP contribution >= 0.6 is 0 Å². The van der Waals surface area contributed by atoms with Gasteiger partial charge in [-0.2, -0.15) is 0 Å². The fraction of sp³-hybridized carbons (Fsp3) is 0.444. The lowest BCUT2D eigenvalue weighted by Crippen LogP contribution is -2.45. The molecule has 35 heavy (non-hydrogen) atoms. The lowest BCUT2D eigenvalue weighted by Gasteiger charge is -2.21. The first-order chi connectivity index (χ1) is 16.8. The van der Waals surface area contributed by atoms with Gasteiger partial charge in [0.1, 0.15) is 6.61 Å². The molecule has 8 nitrogen and oxygen atoms in total. The summed E-state index contributed by atoms with van der Waals surface area (Å²) in [7, 11) is 1.38. The number of carbonyl (C=O) groups is 3. The maximum Gasteiger partial charge on any atom is 0.407 e. The summed E-state index contributed by atoms with van der Waals surface area (Å²) in [5.41, 5.74) is 4.60. The molecule has 0 radical (unpaired) electrons. The van der Waals surface area contributed by atoms with Crippen LogP contribution in [-0.4, -0.2) is 56.0 Å². The third-order valence-electron chi connectivity index (χ3n) is 6.12. The zero-order valence-electron chi connectivity index (χ0n) is 20.5.